The molecule has 0 aliphatic heterocycles. The first-order chi connectivity index (χ1) is 9.74. The Morgan fingerprint density at radius 3 is 1.30 bits per heavy atom. The lowest BCUT2D eigenvalue weighted by atomic mass is 10.1. The number of hydrogen-bond acceptors (Lipinski definition) is 3. The summed E-state index contributed by atoms with van der Waals surface area (Å²) < 4.78 is 28.1. The van der Waals surface area contributed by atoms with Gasteiger partial charge >= 0.3 is 8.80 Å². The van der Waals surface area contributed by atoms with Gasteiger partial charge in [-0.25, -0.2) is 0 Å². The van der Waals surface area contributed by atoms with E-state index in [1.807, 2.05) is 0 Å². The lowest BCUT2D eigenvalue weighted by molar-refractivity contribution is 0.122. The predicted octanol–water partition coefficient (Wildman–Crippen LogP) is 4.74. The Morgan fingerprint density at radius 1 is 0.600 bits per heavy atom. The molecule has 0 saturated heterocycles. The molecular weight excluding hydrogens is 275 g/mol. The zero-order chi connectivity index (χ0) is 15.1. The molecule has 0 aromatic rings. The van der Waals surface area contributed by atoms with Gasteiger partial charge in [0.1, 0.15) is 0 Å². The number of rotatable bonds is 15. The van der Waals surface area contributed by atoms with Crippen molar-refractivity contribution in [3.05, 3.63) is 0 Å². The Kier molecular flexibility index (Phi) is 14.0. The van der Waals surface area contributed by atoms with Crippen LogP contribution in [-0.4, -0.2) is 36.8 Å². The van der Waals surface area contributed by atoms with Crippen molar-refractivity contribution < 1.29 is 17.7 Å². The molecule has 0 N–H and O–H groups in total. The van der Waals surface area contributed by atoms with Crippen LogP contribution >= 0.6 is 0 Å². The van der Waals surface area contributed by atoms with Crippen LogP contribution in [0.25, 0.3) is 0 Å². The van der Waals surface area contributed by atoms with E-state index in [1.54, 1.807) is 21.3 Å². The van der Waals surface area contributed by atoms with Crippen LogP contribution in [0, 0.1) is 0 Å². The van der Waals surface area contributed by atoms with Crippen LogP contribution in [0.2, 0.25) is 6.04 Å². The molecule has 5 heteroatoms. The molecule has 0 aliphatic carbocycles. The van der Waals surface area contributed by atoms with Gasteiger partial charge in [-0.1, -0.05) is 51.4 Å². The number of hydrogen-bond donors (Lipinski definition) is 0. The summed E-state index contributed by atoms with van der Waals surface area (Å²) in [6, 6.07) is 0.903. The van der Waals surface area contributed by atoms with Gasteiger partial charge < -0.3 is 13.3 Å². The van der Waals surface area contributed by atoms with Crippen molar-refractivity contribution in [3.8, 4) is 0 Å². The number of halogens is 1. The van der Waals surface area contributed by atoms with Gasteiger partial charge in [-0.05, 0) is 12.8 Å². The molecular formula is C15H33FO3Si. The first kappa shape index (κ1) is 20.0. The van der Waals surface area contributed by atoms with Crippen LogP contribution in [0.1, 0.15) is 64.2 Å². The largest absolute Gasteiger partial charge is 0.500 e. The summed E-state index contributed by atoms with van der Waals surface area (Å²) in [5.41, 5.74) is 0. The Morgan fingerprint density at radius 2 is 0.950 bits per heavy atom. The zero-order valence-electron chi connectivity index (χ0n) is 13.6. The molecule has 0 rings (SSSR count). The SMILES string of the molecule is CO[Si](CCCCCCCCCCCCF)(OC)OC. The highest BCUT2D eigenvalue weighted by Crippen LogP contribution is 2.18. The van der Waals surface area contributed by atoms with Crippen LogP contribution in [0.15, 0.2) is 0 Å². The van der Waals surface area contributed by atoms with E-state index >= 15 is 0 Å². The average molecular weight is 309 g/mol. The van der Waals surface area contributed by atoms with Crippen molar-refractivity contribution in [1.29, 1.82) is 0 Å². The minimum atomic E-state index is -2.34. The molecule has 0 unspecified atom stereocenters. The van der Waals surface area contributed by atoms with Crippen molar-refractivity contribution in [1.82, 2.24) is 0 Å². The summed E-state index contributed by atoms with van der Waals surface area (Å²) in [7, 11) is 2.66. The molecule has 20 heavy (non-hydrogen) atoms. The number of unbranched alkanes of at least 4 members (excludes halogenated alkanes) is 9. The third kappa shape index (κ3) is 9.86. The Hall–Kier alpha value is 0.0269. The highest BCUT2D eigenvalue weighted by Gasteiger charge is 2.36. The summed E-state index contributed by atoms with van der Waals surface area (Å²) >= 11 is 0. The standard InChI is InChI=1S/C15H33FO3Si/c1-17-20(18-2,19-3)15-13-11-9-7-5-4-6-8-10-12-14-16/h4-15H2,1-3H3. The quantitative estimate of drug-likeness (QED) is 0.323. The van der Waals surface area contributed by atoms with Crippen molar-refractivity contribution in [2.75, 3.05) is 28.0 Å². The Labute approximate surface area is 125 Å². The van der Waals surface area contributed by atoms with E-state index in [9.17, 15) is 4.39 Å². The number of alkyl halides is 1. The van der Waals surface area contributed by atoms with Gasteiger partial charge in [-0.15, -0.1) is 0 Å². The monoisotopic (exact) mass is 308 g/mol. The third-order valence-corrected chi connectivity index (χ3v) is 6.63. The van der Waals surface area contributed by atoms with Gasteiger partial charge in [0.2, 0.25) is 0 Å². The fourth-order valence-electron chi connectivity index (χ4n) is 2.41. The first-order valence-electron chi connectivity index (χ1n) is 7.96. The molecule has 0 atom stereocenters. The molecule has 122 valence electrons. The van der Waals surface area contributed by atoms with E-state index < -0.39 is 8.80 Å². The molecule has 0 amide bonds. The molecule has 3 nitrogen and oxygen atoms in total. The molecule has 0 aromatic heterocycles. The second-order valence-corrected chi connectivity index (χ2v) is 8.36. The van der Waals surface area contributed by atoms with Gasteiger partial charge in [-0.3, -0.25) is 4.39 Å². The highest BCUT2D eigenvalue weighted by atomic mass is 28.4. The predicted molar refractivity (Wildman–Crippen MR) is 83.7 cm³/mol. The molecule has 0 bridgehead atoms. The van der Waals surface area contributed by atoms with Crippen LogP contribution in [-0.2, 0) is 13.3 Å². The van der Waals surface area contributed by atoms with E-state index in [1.165, 1.54) is 44.9 Å². The summed E-state index contributed by atoms with van der Waals surface area (Å²) in [4.78, 5) is 0. The lowest BCUT2D eigenvalue weighted by Crippen LogP contribution is -2.42. The molecule has 0 fully saturated rings. The minimum absolute atomic E-state index is 0.158. The van der Waals surface area contributed by atoms with E-state index in [4.69, 9.17) is 13.3 Å². The smallest absolute Gasteiger partial charge is 0.377 e. The van der Waals surface area contributed by atoms with Crippen LogP contribution in [0.3, 0.4) is 0 Å². The van der Waals surface area contributed by atoms with E-state index in [2.05, 4.69) is 0 Å². The summed E-state index contributed by atoms with van der Waals surface area (Å²) in [5, 5.41) is 0. The van der Waals surface area contributed by atoms with Gasteiger partial charge in [0.25, 0.3) is 0 Å². The van der Waals surface area contributed by atoms with E-state index in [-0.39, 0.29) is 6.67 Å². The van der Waals surface area contributed by atoms with Gasteiger partial charge in [-0.2, -0.15) is 0 Å². The molecule has 0 aromatic carbocycles. The zero-order valence-corrected chi connectivity index (χ0v) is 14.6. The topological polar surface area (TPSA) is 27.7 Å². The maximum atomic E-state index is 11.9. The maximum absolute atomic E-state index is 11.9. The third-order valence-electron chi connectivity index (χ3n) is 3.80. The average Bonchev–Trinajstić information content (AvgIpc) is 2.49. The normalized spacial score (nSPS) is 12.0. The van der Waals surface area contributed by atoms with Crippen molar-refractivity contribution in [2.24, 2.45) is 0 Å². The Bertz CT molecular complexity index is 193. The fraction of sp³-hybridized carbons (Fsp3) is 1.00. The molecule has 0 saturated carbocycles. The first-order valence-corrected chi connectivity index (χ1v) is 9.89. The van der Waals surface area contributed by atoms with E-state index in [0.717, 1.165) is 25.3 Å². The van der Waals surface area contributed by atoms with Crippen LogP contribution in [0.4, 0.5) is 4.39 Å². The maximum Gasteiger partial charge on any atom is 0.500 e. The fourth-order valence-corrected chi connectivity index (χ4v) is 4.20. The lowest BCUT2D eigenvalue weighted by Gasteiger charge is -2.24. The van der Waals surface area contributed by atoms with Gasteiger partial charge in [0, 0.05) is 27.4 Å². The summed E-state index contributed by atoms with van der Waals surface area (Å²) in [6.07, 6.45) is 11.7. The van der Waals surface area contributed by atoms with Gasteiger partial charge in [0.05, 0.1) is 6.67 Å². The molecule has 0 aliphatic rings. The minimum Gasteiger partial charge on any atom is -0.377 e. The van der Waals surface area contributed by atoms with Crippen molar-refractivity contribution in [2.45, 2.75) is 70.3 Å². The summed E-state index contributed by atoms with van der Waals surface area (Å²) in [6.45, 7) is -0.158. The second kappa shape index (κ2) is 14.0. The Balaban J connectivity index is 3.32. The van der Waals surface area contributed by atoms with Gasteiger partial charge in [0.15, 0.2) is 0 Å². The summed E-state index contributed by atoms with van der Waals surface area (Å²) in [5.74, 6) is 0. The van der Waals surface area contributed by atoms with Crippen LogP contribution in [0.5, 0.6) is 0 Å². The van der Waals surface area contributed by atoms with E-state index in [0.29, 0.717) is 0 Å². The van der Waals surface area contributed by atoms with Crippen LogP contribution < -0.4 is 0 Å². The molecule has 0 spiro atoms. The molecule has 0 heterocycles. The second-order valence-electron chi connectivity index (χ2n) is 5.27. The van der Waals surface area contributed by atoms with Crippen molar-refractivity contribution >= 4 is 8.80 Å². The van der Waals surface area contributed by atoms with Crippen molar-refractivity contribution in [3.63, 3.8) is 0 Å². The molecule has 0 radical (unpaired) electrons. The highest BCUT2D eigenvalue weighted by molar-refractivity contribution is 6.60.